The SMILES string of the molecule is CCCC(C(=O)O)C(Cc1ccc(C2CCC[N+](C)(C)C2)nc1)C1=NC(C)CC=NN1. The van der Waals surface area contributed by atoms with Gasteiger partial charge >= 0.3 is 5.97 Å². The highest BCUT2D eigenvalue weighted by atomic mass is 16.4. The maximum Gasteiger partial charge on any atom is 0.307 e. The number of likely N-dealkylation sites (tertiary alicyclic amines) is 1. The molecule has 1 saturated heterocycles. The van der Waals surface area contributed by atoms with Crippen LogP contribution in [0.5, 0.6) is 0 Å². The zero-order valence-electron chi connectivity index (χ0n) is 19.4. The Labute approximate surface area is 186 Å². The van der Waals surface area contributed by atoms with Gasteiger partial charge in [-0.2, -0.15) is 5.10 Å². The van der Waals surface area contributed by atoms with Gasteiger partial charge in [0.05, 0.1) is 45.1 Å². The van der Waals surface area contributed by atoms with Gasteiger partial charge in [0.1, 0.15) is 5.84 Å². The van der Waals surface area contributed by atoms with Crippen molar-refractivity contribution in [2.45, 2.75) is 64.3 Å². The Hall–Kier alpha value is -2.28. The predicted molar refractivity (Wildman–Crippen MR) is 124 cm³/mol. The summed E-state index contributed by atoms with van der Waals surface area (Å²) in [6.45, 7) is 6.40. The van der Waals surface area contributed by atoms with Gasteiger partial charge in [-0.05, 0) is 44.2 Å². The van der Waals surface area contributed by atoms with Crippen LogP contribution >= 0.6 is 0 Å². The highest BCUT2D eigenvalue weighted by molar-refractivity contribution is 5.90. The summed E-state index contributed by atoms with van der Waals surface area (Å²) in [4.78, 5) is 21.7. The molecule has 0 aliphatic carbocycles. The van der Waals surface area contributed by atoms with Gasteiger partial charge in [-0.1, -0.05) is 19.4 Å². The summed E-state index contributed by atoms with van der Waals surface area (Å²) in [5.41, 5.74) is 5.23. The monoisotopic (exact) mass is 428 g/mol. The van der Waals surface area contributed by atoms with Crippen LogP contribution in [0.1, 0.15) is 63.1 Å². The third-order valence-electron chi connectivity index (χ3n) is 6.58. The fourth-order valence-electron chi connectivity index (χ4n) is 4.89. The third kappa shape index (κ3) is 6.35. The molecule has 3 heterocycles. The van der Waals surface area contributed by atoms with Crippen molar-refractivity contribution >= 4 is 18.0 Å². The summed E-state index contributed by atoms with van der Waals surface area (Å²) >= 11 is 0. The number of hydrogen-bond donors (Lipinski definition) is 2. The topological polar surface area (TPSA) is 86.9 Å². The number of amidine groups is 1. The van der Waals surface area contributed by atoms with E-state index in [1.165, 1.54) is 19.4 Å². The van der Waals surface area contributed by atoms with Crippen LogP contribution in [0.3, 0.4) is 0 Å². The molecular formula is C24H38N5O2+. The molecular weight excluding hydrogens is 390 g/mol. The molecule has 1 fully saturated rings. The fraction of sp³-hybridized carbons (Fsp3) is 0.667. The smallest absolute Gasteiger partial charge is 0.307 e. The Morgan fingerprint density at radius 1 is 1.35 bits per heavy atom. The number of carbonyl (C=O) groups is 1. The number of aromatic nitrogens is 1. The van der Waals surface area contributed by atoms with E-state index >= 15 is 0 Å². The summed E-state index contributed by atoms with van der Waals surface area (Å²) < 4.78 is 1.04. The fourth-order valence-corrected chi connectivity index (χ4v) is 4.89. The van der Waals surface area contributed by atoms with E-state index in [1.807, 2.05) is 26.3 Å². The van der Waals surface area contributed by atoms with E-state index in [9.17, 15) is 9.90 Å². The first-order chi connectivity index (χ1) is 14.8. The minimum atomic E-state index is -0.774. The number of piperidine rings is 1. The third-order valence-corrected chi connectivity index (χ3v) is 6.58. The molecule has 1 aromatic rings. The van der Waals surface area contributed by atoms with Crippen LogP contribution in [0.25, 0.3) is 0 Å². The summed E-state index contributed by atoms with van der Waals surface area (Å²) in [6.07, 6.45) is 8.92. The molecule has 0 aromatic carbocycles. The van der Waals surface area contributed by atoms with E-state index in [1.54, 1.807) is 0 Å². The number of rotatable bonds is 8. The number of quaternary nitrogens is 1. The van der Waals surface area contributed by atoms with Gasteiger partial charge in [-0.15, -0.1) is 0 Å². The number of nitrogens with one attached hydrogen (secondary N) is 1. The lowest BCUT2D eigenvalue weighted by atomic mass is 9.83. The van der Waals surface area contributed by atoms with Gasteiger partial charge in [-0.3, -0.25) is 20.2 Å². The van der Waals surface area contributed by atoms with Crippen LogP contribution in [-0.2, 0) is 11.2 Å². The van der Waals surface area contributed by atoms with Gasteiger partial charge in [-0.25, -0.2) is 0 Å². The van der Waals surface area contributed by atoms with E-state index in [-0.39, 0.29) is 12.0 Å². The van der Waals surface area contributed by atoms with Gasteiger partial charge in [0.25, 0.3) is 0 Å². The van der Waals surface area contributed by atoms with Crippen LogP contribution in [0, 0.1) is 11.8 Å². The quantitative estimate of drug-likeness (QED) is 0.621. The second kappa shape index (κ2) is 10.4. The Bertz CT molecular complexity index is 803. The normalized spacial score (nSPS) is 25.1. The number of carboxylic acid groups (broad SMARTS) is 1. The van der Waals surface area contributed by atoms with Gasteiger partial charge < -0.3 is 9.59 Å². The second-order valence-electron chi connectivity index (χ2n) is 9.84. The lowest BCUT2D eigenvalue weighted by molar-refractivity contribution is -0.896. The molecule has 7 nitrogen and oxygen atoms in total. The molecule has 7 heteroatoms. The van der Waals surface area contributed by atoms with Crippen molar-refractivity contribution in [3.8, 4) is 0 Å². The number of aliphatic carboxylic acids is 1. The molecule has 2 aliphatic heterocycles. The van der Waals surface area contributed by atoms with E-state index in [4.69, 9.17) is 9.98 Å². The lowest BCUT2D eigenvalue weighted by Gasteiger charge is -2.37. The molecule has 3 rings (SSSR count). The molecule has 0 amide bonds. The summed E-state index contributed by atoms with van der Waals surface area (Å²) in [7, 11) is 4.57. The number of hydrogen-bond acceptors (Lipinski definition) is 5. The maximum atomic E-state index is 12.1. The molecule has 31 heavy (non-hydrogen) atoms. The van der Waals surface area contributed by atoms with Crippen LogP contribution in [0.2, 0.25) is 0 Å². The Kier molecular flexibility index (Phi) is 7.81. The second-order valence-corrected chi connectivity index (χ2v) is 9.84. The first-order valence-corrected chi connectivity index (χ1v) is 11.6. The van der Waals surface area contributed by atoms with Gasteiger partial charge in [0.2, 0.25) is 0 Å². The van der Waals surface area contributed by atoms with E-state index in [2.05, 4.69) is 36.8 Å². The molecule has 4 atom stereocenters. The van der Waals surface area contributed by atoms with Crippen molar-refractivity contribution < 1.29 is 14.4 Å². The number of aliphatic imine (C=N–C) groups is 1. The Morgan fingerprint density at radius 3 is 2.81 bits per heavy atom. The van der Waals surface area contributed by atoms with Crippen molar-refractivity contribution in [1.82, 2.24) is 10.4 Å². The number of carboxylic acids is 1. The summed E-state index contributed by atoms with van der Waals surface area (Å²) in [6, 6.07) is 4.35. The molecule has 0 bridgehead atoms. The molecule has 4 unspecified atom stereocenters. The molecule has 1 aromatic heterocycles. The standard InChI is InChI=1S/C24H37N5O2/c1-5-7-20(24(30)31)21(23-27-17(2)11-12-26-28-23)14-18-9-10-22(25-15-18)19-8-6-13-29(3,4)16-19/h9-10,12,15,17,19-21H,5-8,11,13-14,16H2,1-4H3,(H-,27,28,30,31)/p+1. The number of hydrazone groups is 1. The van der Waals surface area contributed by atoms with E-state index in [0.29, 0.717) is 24.6 Å². The predicted octanol–water partition coefficient (Wildman–Crippen LogP) is 3.46. The number of likely N-dealkylation sites (N-methyl/N-ethyl adjacent to an activating group) is 1. The lowest BCUT2D eigenvalue weighted by Crippen LogP contribution is -2.46. The average Bonchev–Trinajstić information content (AvgIpc) is 2.94. The average molecular weight is 429 g/mol. The zero-order chi connectivity index (χ0) is 22.4. The first kappa shape index (κ1) is 23.4. The van der Waals surface area contributed by atoms with Crippen molar-refractivity contribution in [1.29, 1.82) is 0 Å². The van der Waals surface area contributed by atoms with Crippen LogP contribution in [0.15, 0.2) is 28.4 Å². The largest absolute Gasteiger partial charge is 0.481 e. The van der Waals surface area contributed by atoms with Crippen LogP contribution in [0.4, 0.5) is 0 Å². The van der Waals surface area contributed by atoms with Gasteiger partial charge in [0, 0.05) is 30.4 Å². The number of nitrogens with zero attached hydrogens (tertiary/aromatic N) is 4. The van der Waals surface area contributed by atoms with E-state index in [0.717, 1.165) is 35.1 Å². The highest BCUT2D eigenvalue weighted by Gasteiger charge is 2.33. The van der Waals surface area contributed by atoms with Gasteiger partial charge in [0.15, 0.2) is 0 Å². The minimum Gasteiger partial charge on any atom is -0.481 e. The minimum absolute atomic E-state index is 0.0839. The molecule has 0 radical (unpaired) electrons. The molecule has 2 N–H and O–H groups in total. The Balaban J connectivity index is 1.82. The summed E-state index contributed by atoms with van der Waals surface area (Å²) in [5.74, 6) is -0.369. The van der Waals surface area contributed by atoms with Crippen molar-refractivity contribution in [3.63, 3.8) is 0 Å². The highest BCUT2D eigenvalue weighted by Crippen LogP contribution is 2.29. The van der Waals surface area contributed by atoms with E-state index < -0.39 is 11.9 Å². The summed E-state index contributed by atoms with van der Waals surface area (Å²) in [5, 5.41) is 14.2. The first-order valence-electron chi connectivity index (χ1n) is 11.6. The van der Waals surface area contributed by atoms with Crippen molar-refractivity contribution in [3.05, 3.63) is 29.6 Å². The van der Waals surface area contributed by atoms with Crippen LogP contribution < -0.4 is 5.43 Å². The molecule has 2 aliphatic rings. The Morgan fingerprint density at radius 2 is 2.16 bits per heavy atom. The molecule has 170 valence electrons. The zero-order valence-corrected chi connectivity index (χ0v) is 19.4. The maximum absolute atomic E-state index is 12.1. The van der Waals surface area contributed by atoms with Crippen LogP contribution in [-0.4, -0.2) is 65.8 Å². The molecule has 0 spiro atoms. The molecule has 0 saturated carbocycles. The van der Waals surface area contributed by atoms with Crippen molar-refractivity contribution in [2.24, 2.45) is 21.9 Å². The number of pyridine rings is 1. The van der Waals surface area contributed by atoms with Crippen molar-refractivity contribution in [2.75, 3.05) is 27.2 Å².